The molecule has 1 atom stereocenters. The van der Waals surface area contributed by atoms with Gasteiger partial charge in [-0.15, -0.1) is 0 Å². The van der Waals surface area contributed by atoms with Gasteiger partial charge in [0.2, 0.25) is 11.8 Å². The van der Waals surface area contributed by atoms with Gasteiger partial charge in [-0.2, -0.15) is 0 Å². The van der Waals surface area contributed by atoms with Crippen LogP contribution in [0.15, 0.2) is 0 Å². The molecule has 0 aliphatic rings. The lowest BCUT2D eigenvalue weighted by atomic mass is 10.2. The molecule has 25 heavy (non-hydrogen) atoms. The fourth-order valence-corrected chi connectivity index (χ4v) is 2.18. The summed E-state index contributed by atoms with van der Waals surface area (Å²) < 4.78 is 20.7. The molecule has 9 heteroatoms. The van der Waals surface area contributed by atoms with Gasteiger partial charge in [-0.05, 0) is 25.7 Å². The van der Waals surface area contributed by atoms with Gasteiger partial charge >= 0.3 is 0 Å². The van der Waals surface area contributed by atoms with E-state index in [1.807, 2.05) is 0 Å². The van der Waals surface area contributed by atoms with E-state index < -0.39 is 0 Å². The van der Waals surface area contributed by atoms with Crippen LogP contribution in [0.1, 0.15) is 38.5 Å². The van der Waals surface area contributed by atoms with Crippen LogP contribution in [0, 0.1) is 0 Å². The maximum atomic E-state index is 11.6. The quantitative estimate of drug-likeness (QED) is 0.276. The molecule has 0 aromatic carbocycles. The lowest BCUT2D eigenvalue weighted by molar-refractivity contribution is -0.122. The van der Waals surface area contributed by atoms with Gasteiger partial charge in [0.25, 0.3) is 0 Å². The number of carbonyl (C=O) groups excluding carboxylic acids is 2. The van der Waals surface area contributed by atoms with Gasteiger partial charge in [-0.25, -0.2) is 0 Å². The summed E-state index contributed by atoms with van der Waals surface area (Å²) in [7, 11) is 3.33. The number of amides is 2. The Morgan fingerprint density at radius 1 is 0.840 bits per heavy atom. The molecule has 0 aliphatic heterocycles. The third-order valence-corrected chi connectivity index (χ3v) is 3.69. The number of ether oxygens (including phenoxy) is 2. The van der Waals surface area contributed by atoms with E-state index in [2.05, 4.69) is 10.6 Å². The van der Waals surface area contributed by atoms with Crippen molar-refractivity contribution in [3.05, 3.63) is 0 Å². The van der Waals surface area contributed by atoms with Crippen LogP contribution >= 0.6 is 9.03 Å². The average molecular weight is 380 g/mol. The molecule has 0 saturated heterocycles. The first-order valence-electron chi connectivity index (χ1n) is 8.73. The van der Waals surface area contributed by atoms with E-state index in [1.54, 1.807) is 14.2 Å². The number of hydrogen-bond donors (Lipinski definition) is 2. The molecule has 0 aliphatic carbocycles. The van der Waals surface area contributed by atoms with E-state index in [0.29, 0.717) is 58.8 Å². The number of unbranched alkanes of at least 4 members (excludes halogenated alkanes) is 2. The van der Waals surface area contributed by atoms with E-state index in [0.717, 1.165) is 19.3 Å². The highest BCUT2D eigenvalue weighted by molar-refractivity contribution is 7.26. The summed E-state index contributed by atoms with van der Waals surface area (Å²) >= 11 is 0. The predicted octanol–water partition coefficient (Wildman–Crippen LogP) is 1.39. The summed E-state index contributed by atoms with van der Waals surface area (Å²) in [6, 6.07) is 0. The van der Waals surface area contributed by atoms with Gasteiger partial charge in [0, 0.05) is 40.2 Å². The number of rotatable bonds is 18. The number of carbonyl (C=O) groups is 2. The van der Waals surface area contributed by atoms with Gasteiger partial charge in [-0.3, -0.25) is 9.59 Å². The summed E-state index contributed by atoms with van der Waals surface area (Å²) in [5.74, 6) is 0.0224. The van der Waals surface area contributed by atoms with Crippen molar-refractivity contribution in [3.8, 4) is 0 Å². The molecule has 0 radical (unpaired) electrons. The van der Waals surface area contributed by atoms with Gasteiger partial charge in [0.1, 0.15) is 0 Å². The van der Waals surface area contributed by atoms with Crippen molar-refractivity contribution in [3.63, 3.8) is 0 Å². The molecule has 0 fully saturated rings. The van der Waals surface area contributed by atoms with Crippen LogP contribution in [-0.2, 0) is 28.1 Å². The minimum atomic E-state index is -0.0355. The Labute approximate surface area is 152 Å². The first kappa shape index (κ1) is 24.2. The first-order chi connectivity index (χ1) is 12.2. The monoisotopic (exact) mass is 380 g/mol. The standard InChI is InChI=1S/C16H33N2O6P/c1-17-15(19)8-12-23-14-13-22-10-6-7-16(20)18-9-4-3-5-11-24-25-21-2/h25H,3-14H2,1-2H3,(H,17,19)(H,18,20). The van der Waals surface area contributed by atoms with Crippen LogP contribution < -0.4 is 10.6 Å². The highest BCUT2D eigenvalue weighted by atomic mass is 31.1. The van der Waals surface area contributed by atoms with E-state index in [-0.39, 0.29) is 20.8 Å². The van der Waals surface area contributed by atoms with Crippen molar-refractivity contribution in [2.45, 2.75) is 38.5 Å². The zero-order valence-electron chi connectivity index (χ0n) is 15.4. The molecular formula is C16H33N2O6P. The highest BCUT2D eigenvalue weighted by Crippen LogP contribution is 2.11. The third kappa shape index (κ3) is 19.4. The lowest BCUT2D eigenvalue weighted by Crippen LogP contribution is -2.24. The average Bonchev–Trinajstić information content (AvgIpc) is 2.62. The SMILES string of the molecule is CNC(=O)CCOCCOCCCC(=O)NCCCCCOPOC. The summed E-state index contributed by atoms with van der Waals surface area (Å²) in [5, 5.41) is 5.43. The number of nitrogens with one attached hydrogen (secondary N) is 2. The van der Waals surface area contributed by atoms with E-state index in [9.17, 15) is 9.59 Å². The topological polar surface area (TPSA) is 95.1 Å². The minimum Gasteiger partial charge on any atom is -0.379 e. The molecule has 0 aromatic heterocycles. The first-order valence-corrected chi connectivity index (χ1v) is 9.55. The highest BCUT2D eigenvalue weighted by Gasteiger charge is 2.01. The fourth-order valence-electron chi connectivity index (χ4n) is 1.84. The second-order valence-corrected chi connectivity index (χ2v) is 6.16. The molecule has 0 aromatic rings. The van der Waals surface area contributed by atoms with Crippen molar-refractivity contribution in [2.24, 2.45) is 0 Å². The molecule has 8 nitrogen and oxygen atoms in total. The Balaban J connectivity index is 3.19. The maximum Gasteiger partial charge on any atom is 0.222 e. The zero-order valence-corrected chi connectivity index (χ0v) is 16.4. The van der Waals surface area contributed by atoms with Crippen LogP contribution in [0.2, 0.25) is 0 Å². The van der Waals surface area contributed by atoms with Crippen LogP contribution in [0.25, 0.3) is 0 Å². The van der Waals surface area contributed by atoms with E-state index >= 15 is 0 Å². The Morgan fingerprint density at radius 3 is 2.32 bits per heavy atom. The second-order valence-electron chi connectivity index (χ2n) is 5.30. The molecule has 2 amide bonds. The van der Waals surface area contributed by atoms with Crippen molar-refractivity contribution >= 4 is 20.8 Å². The Bertz CT molecular complexity index is 334. The summed E-state index contributed by atoms with van der Waals surface area (Å²) in [4.78, 5) is 22.6. The maximum absolute atomic E-state index is 11.6. The third-order valence-electron chi connectivity index (χ3n) is 3.20. The summed E-state index contributed by atoms with van der Waals surface area (Å²) in [6.07, 6.45) is 4.47. The minimum absolute atomic E-state index is 0.0355. The Kier molecular flexibility index (Phi) is 18.9. The Hall–Kier alpha value is -0.790. The van der Waals surface area contributed by atoms with Crippen molar-refractivity contribution in [2.75, 3.05) is 53.7 Å². The summed E-state index contributed by atoms with van der Waals surface area (Å²) in [5.41, 5.74) is 0. The van der Waals surface area contributed by atoms with Crippen molar-refractivity contribution in [1.82, 2.24) is 10.6 Å². The number of hydrogen-bond acceptors (Lipinski definition) is 6. The van der Waals surface area contributed by atoms with Crippen LogP contribution in [0.3, 0.4) is 0 Å². The Morgan fingerprint density at radius 2 is 1.60 bits per heavy atom. The zero-order chi connectivity index (χ0) is 18.6. The molecule has 1 unspecified atom stereocenters. The molecule has 0 spiro atoms. The molecular weight excluding hydrogens is 347 g/mol. The molecule has 0 rings (SSSR count). The van der Waals surface area contributed by atoms with Gasteiger partial charge in [0.05, 0.1) is 26.4 Å². The predicted molar refractivity (Wildman–Crippen MR) is 97.7 cm³/mol. The fraction of sp³-hybridized carbons (Fsp3) is 0.875. The van der Waals surface area contributed by atoms with Gasteiger partial charge in [-0.1, -0.05) is 0 Å². The van der Waals surface area contributed by atoms with Crippen LogP contribution in [0.4, 0.5) is 0 Å². The van der Waals surface area contributed by atoms with Gasteiger partial charge in [0.15, 0.2) is 9.03 Å². The summed E-state index contributed by atoms with van der Waals surface area (Å²) in [6.45, 7) is 3.26. The second kappa shape index (κ2) is 19.5. The molecule has 2 N–H and O–H groups in total. The van der Waals surface area contributed by atoms with Crippen molar-refractivity contribution < 1.29 is 28.1 Å². The molecule has 0 saturated carbocycles. The molecule has 0 heterocycles. The van der Waals surface area contributed by atoms with Crippen LogP contribution in [-0.4, -0.2) is 65.6 Å². The van der Waals surface area contributed by atoms with Crippen LogP contribution in [0.5, 0.6) is 0 Å². The smallest absolute Gasteiger partial charge is 0.222 e. The van der Waals surface area contributed by atoms with E-state index in [1.165, 1.54) is 0 Å². The molecule has 0 bridgehead atoms. The molecule has 148 valence electrons. The largest absolute Gasteiger partial charge is 0.379 e. The lowest BCUT2D eigenvalue weighted by Gasteiger charge is -2.07. The van der Waals surface area contributed by atoms with Crippen molar-refractivity contribution in [1.29, 1.82) is 0 Å². The van der Waals surface area contributed by atoms with Gasteiger partial charge < -0.3 is 29.2 Å². The van der Waals surface area contributed by atoms with E-state index in [4.69, 9.17) is 18.5 Å². The normalized spacial score (nSPS) is 11.1.